The van der Waals surface area contributed by atoms with Gasteiger partial charge in [-0.15, -0.1) is 0 Å². The number of benzene rings is 1. The van der Waals surface area contributed by atoms with Crippen molar-refractivity contribution in [3.63, 3.8) is 0 Å². The van der Waals surface area contributed by atoms with E-state index in [1.165, 1.54) is 6.92 Å². The number of hydrogen-bond donors (Lipinski definition) is 2. The van der Waals surface area contributed by atoms with Crippen LogP contribution in [0.5, 0.6) is 5.75 Å². The zero-order chi connectivity index (χ0) is 19.1. The molecule has 26 heavy (non-hydrogen) atoms. The number of ketones is 1. The first-order chi connectivity index (χ1) is 12.4. The van der Waals surface area contributed by atoms with Crippen LogP contribution in [-0.4, -0.2) is 54.8 Å². The normalized spacial score (nSPS) is 18.1. The molecular formula is C19H27N3O4. The van der Waals surface area contributed by atoms with Gasteiger partial charge in [0.1, 0.15) is 5.75 Å². The van der Waals surface area contributed by atoms with Gasteiger partial charge in [-0.2, -0.15) is 0 Å². The van der Waals surface area contributed by atoms with Gasteiger partial charge in [0.15, 0.2) is 11.9 Å². The summed E-state index contributed by atoms with van der Waals surface area (Å²) in [5.74, 6) is -0.0117. The second kappa shape index (κ2) is 9.33. The summed E-state index contributed by atoms with van der Waals surface area (Å²) in [4.78, 5) is 37.9. The Labute approximate surface area is 153 Å². The lowest BCUT2D eigenvalue weighted by molar-refractivity contribution is -0.141. The number of hydrogen-bond acceptors (Lipinski definition) is 5. The average Bonchev–Trinajstić information content (AvgIpc) is 2.65. The highest BCUT2D eigenvalue weighted by Gasteiger charge is 2.31. The number of nitrogens with one attached hydrogen (secondary N) is 1. The molecule has 142 valence electrons. The molecule has 1 heterocycles. The van der Waals surface area contributed by atoms with Gasteiger partial charge in [-0.3, -0.25) is 14.4 Å². The molecule has 7 nitrogen and oxygen atoms in total. The van der Waals surface area contributed by atoms with Gasteiger partial charge in [0.25, 0.3) is 5.91 Å². The largest absolute Gasteiger partial charge is 0.481 e. The van der Waals surface area contributed by atoms with Gasteiger partial charge in [0.05, 0.1) is 5.92 Å². The minimum Gasteiger partial charge on any atom is -0.481 e. The average molecular weight is 361 g/mol. The summed E-state index contributed by atoms with van der Waals surface area (Å²) in [5.41, 5.74) is 5.95. The number of carbonyl (C=O) groups excluding carboxylic acids is 3. The third-order valence-electron chi connectivity index (χ3n) is 4.45. The van der Waals surface area contributed by atoms with Crippen molar-refractivity contribution in [2.45, 2.75) is 32.8 Å². The second-order valence-electron chi connectivity index (χ2n) is 6.55. The van der Waals surface area contributed by atoms with E-state index in [-0.39, 0.29) is 23.5 Å². The molecule has 1 aliphatic heterocycles. The highest BCUT2D eigenvalue weighted by atomic mass is 16.5. The standard InChI is InChI=1S/C19H27N3O4/c1-13(23)15-5-3-7-17(11-15)26-14(2)19(25)22-10-4-6-16(12-22)18(24)21-9-8-20/h3,5,7,11,14,16H,4,6,8-10,12,20H2,1-2H3,(H,21,24). The molecule has 0 spiro atoms. The van der Waals surface area contributed by atoms with Crippen LogP contribution in [0.2, 0.25) is 0 Å². The summed E-state index contributed by atoms with van der Waals surface area (Å²) in [6.45, 7) is 5.00. The van der Waals surface area contributed by atoms with Crippen molar-refractivity contribution in [3.8, 4) is 5.75 Å². The van der Waals surface area contributed by atoms with Crippen LogP contribution in [0.3, 0.4) is 0 Å². The number of ether oxygens (including phenoxy) is 1. The van der Waals surface area contributed by atoms with E-state index in [1.54, 1.807) is 36.1 Å². The van der Waals surface area contributed by atoms with Crippen LogP contribution in [0.15, 0.2) is 24.3 Å². The van der Waals surface area contributed by atoms with Crippen molar-refractivity contribution in [3.05, 3.63) is 29.8 Å². The van der Waals surface area contributed by atoms with E-state index < -0.39 is 6.10 Å². The maximum atomic E-state index is 12.7. The molecule has 3 N–H and O–H groups in total. The molecule has 2 rings (SSSR count). The number of carbonyl (C=O) groups is 3. The van der Waals surface area contributed by atoms with E-state index in [0.29, 0.717) is 37.5 Å². The monoisotopic (exact) mass is 361 g/mol. The lowest BCUT2D eigenvalue weighted by Gasteiger charge is -2.33. The van der Waals surface area contributed by atoms with Crippen molar-refractivity contribution in [2.75, 3.05) is 26.2 Å². The predicted molar refractivity (Wildman–Crippen MR) is 97.9 cm³/mol. The number of nitrogens with zero attached hydrogens (tertiary/aromatic N) is 1. The number of amides is 2. The number of likely N-dealkylation sites (tertiary alicyclic amines) is 1. The Kier molecular flexibility index (Phi) is 7.15. The van der Waals surface area contributed by atoms with E-state index >= 15 is 0 Å². The lowest BCUT2D eigenvalue weighted by atomic mass is 9.96. The van der Waals surface area contributed by atoms with Crippen molar-refractivity contribution in [2.24, 2.45) is 11.7 Å². The molecule has 0 bridgehead atoms. The minimum atomic E-state index is -0.692. The molecule has 1 fully saturated rings. The molecule has 2 atom stereocenters. The Bertz CT molecular complexity index is 662. The molecule has 2 unspecified atom stereocenters. The Balaban J connectivity index is 1.95. The number of piperidine rings is 1. The Morgan fingerprint density at radius 3 is 2.85 bits per heavy atom. The van der Waals surface area contributed by atoms with Crippen LogP contribution in [0.1, 0.15) is 37.0 Å². The zero-order valence-electron chi connectivity index (χ0n) is 15.4. The molecule has 0 aromatic heterocycles. The van der Waals surface area contributed by atoms with Gasteiger partial charge in [-0.25, -0.2) is 0 Å². The Morgan fingerprint density at radius 2 is 2.15 bits per heavy atom. The fourth-order valence-electron chi connectivity index (χ4n) is 3.03. The first-order valence-electron chi connectivity index (χ1n) is 8.96. The second-order valence-corrected chi connectivity index (χ2v) is 6.55. The zero-order valence-corrected chi connectivity index (χ0v) is 15.4. The van der Waals surface area contributed by atoms with E-state index in [1.807, 2.05) is 0 Å². The topological polar surface area (TPSA) is 102 Å². The molecule has 0 radical (unpaired) electrons. The van der Waals surface area contributed by atoms with Gasteiger partial charge in [0, 0.05) is 31.7 Å². The van der Waals surface area contributed by atoms with Crippen molar-refractivity contribution < 1.29 is 19.1 Å². The number of rotatable bonds is 7. The van der Waals surface area contributed by atoms with E-state index in [2.05, 4.69) is 5.32 Å². The summed E-state index contributed by atoms with van der Waals surface area (Å²) in [5, 5.41) is 2.78. The summed E-state index contributed by atoms with van der Waals surface area (Å²) in [6.07, 6.45) is 0.845. The molecule has 0 aliphatic carbocycles. The molecule has 1 aliphatic rings. The molecular weight excluding hydrogens is 334 g/mol. The van der Waals surface area contributed by atoms with Crippen LogP contribution >= 0.6 is 0 Å². The maximum Gasteiger partial charge on any atom is 0.263 e. The minimum absolute atomic E-state index is 0.0585. The van der Waals surface area contributed by atoms with Crippen LogP contribution in [-0.2, 0) is 9.59 Å². The van der Waals surface area contributed by atoms with Crippen molar-refractivity contribution >= 4 is 17.6 Å². The van der Waals surface area contributed by atoms with Gasteiger partial charge in [-0.05, 0) is 38.8 Å². The van der Waals surface area contributed by atoms with Crippen LogP contribution in [0, 0.1) is 5.92 Å². The van der Waals surface area contributed by atoms with E-state index in [9.17, 15) is 14.4 Å². The molecule has 7 heteroatoms. The Hall–Kier alpha value is -2.41. The van der Waals surface area contributed by atoms with Crippen molar-refractivity contribution in [1.29, 1.82) is 0 Å². The maximum absolute atomic E-state index is 12.7. The third kappa shape index (κ3) is 5.29. The smallest absolute Gasteiger partial charge is 0.263 e. The van der Waals surface area contributed by atoms with Crippen LogP contribution in [0.25, 0.3) is 0 Å². The first kappa shape index (κ1) is 19.9. The number of nitrogens with two attached hydrogens (primary N) is 1. The molecule has 1 aromatic rings. The lowest BCUT2D eigenvalue weighted by Crippen LogP contribution is -2.49. The third-order valence-corrected chi connectivity index (χ3v) is 4.45. The summed E-state index contributed by atoms with van der Waals surface area (Å²) in [7, 11) is 0. The summed E-state index contributed by atoms with van der Waals surface area (Å²) < 4.78 is 5.72. The molecule has 2 amide bonds. The summed E-state index contributed by atoms with van der Waals surface area (Å²) >= 11 is 0. The molecule has 1 saturated heterocycles. The fourth-order valence-corrected chi connectivity index (χ4v) is 3.03. The highest BCUT2D eigenvalue weighted by molar-refractivity contribution is 5.94. The van der Waals surface area contributed by atoms with Crippen molar-refractivity contribution in [1.82, 2.24) is 10.2 Å². The number of Topliss-reactive ketones (excluding diaryl/α,β-unsaturated/α-hetero) is 1. The summed E-state index contributed by atoms with van der Waals surface area (Å²) in [6, 6.07) is 6.78. The Morgan fingerprint density at radius 1 is 1.38 bits per heavy atom. The van der Waals surface area contributed by atoms with Gasteiger partial charge < -0.3 is 20.7 Å². The van der Waals surface area contributed by atoms with Gasteiger partial charge in [0.2, 0.25) is 5.91 Å². The van der Waals surface area contributed by atoms with Gasteiger partial charge in [-0.1, -0.05) is 12.1 Å². The predicted octanol–water partition coefficient (Wildman–Crippen LogP) is 0.970. The van der Waals surface area contributed by atoms with E-state index in [4.69, 9.17) is 10.5 Å². The van der Waals surface area contributed by atoms with E-state index in [0.717, 1.165) is 12.8 Å². The quantitative estimate of drug-likeness (QED) is 0.705. The SMILES string of the molecule is CC(=O)c1cccc(OC(C)C(=O)N2CCCC(C(=O)NCCN)C2)c1. The fraction of sp³-hybridized carbons (Fsp3) is 0.526. The van der Waals surface area contributed by atoms with Crippen LogP contribution < -0.4 is 15.8 Å². The van der Waals surface area contributed by atoms with Gasteiger partial charge >= 0.3 is 0 Å². The first-order valence-corrected chi connectivity index (χ1v) is 8.96. The highest BCUT2D eigenvalue weighted by Crippen LogP contribution is 2.20. The molecule has 1 aromatic carbocycles. The molecule has 0 saturated carbocycles. The van der Waals surface area contributed by atoms with Crippen LogP contribution in [0.4, 0.5) is 0 Å².